The Hall–Kier alpha value is -1.56. The smallest absolute Gasteiger partial charge is 0.394 e. The lowest BCUT2D eigenvalue weighted by Gasteiger charge is -2.06. The van der Waals surface area contributed by atoms with Crippen molar-refractivity contribution in [1.29, 1.82) is 0 Å². The van der Waals surface area contributed by atoms with Gasteiger partial charge in [0, 0.05) is 0 Å². The van der Waals surface area contributed by atoms with Gasteiger partial charge in [0.15, 0.2) is 0 Å². The van der Waals surface area contributed by atoms with Gasteiger partial charge in [-0.3, -0.25) is 0 Å². The minimum Gasteiger partial charge on any atom is -0.394 e. The van der Waals surface area contributed by atoms with E-state index in [1.54, 1.807) is 0 Å². The summed E-state index contributed by atoms with van der Waals surface area (Å²) in [6.07, 6.45) is -3.08. The monoisotopic (exact) mass is 232 g/mol. The first kappa shape index (κ1) is 12.5. The number of benzene rings is 1. The normalized spacial score (nSPS) is 12.0. The van der Waals surface area contributed by atoms with Gasteiger partial charge in [-0.15, -0.1) is 0 Å². The van der Waals surface area contributed by atoms with Crippen LogP contribution in [0.3, 0.4) is 0 Å². The van der Waals surface area contributed by atoms with Gasteiger partial charge in [-0.25, -0.2) is 0 Å². The molecular weight excluding hydrogens is 221 g/mol. The van der Waals surface area contributed by atoms with E-state index in [1.165, 1.54) is 18.3 Å². The van der Waals surface area contributed by atoms with Gasteiger partial charge < -0.3 is 10.5 Å². The van der Waals surface area contributed by atoms with Crippen molar-refractivity contribution in [2.75, 3.05) is 13.2 Å². The molecule has 2 N–H and O–H groups in total. The van der Waals surface area contributed by atoms with Crippen LogP contribution in [-0.2, 0) is 6.18 Å². The van der Waals surface area contributed by atoms with E-state index >= 15 is 0 Å². The standard InChI is InChI=1S/C10H11F3N2O/c11-10(12,13)9-3-1-2-8(6-9)7-15-14-4-5-16/h1-3,6-7,14,16H,4-5H2. The van der Waals surface area contributed by atoms with Gasteiger partial charge in [0.2, 0.25) is 0 Å². The predicted octanol–water partition coefficient (Wildman–Crippen LogP) is 1.62. The molecule has 0 heterocycles. The van der Waals surface area contributed by atoms with Gasteiger partial charge in [-0.1, -0.05) is 12.1 Å². The molecule has 0 aliphatic rings. The lowest BCUT2D eigenvalue weighted by atomic mass is 10.1. The van der Waals surface area contributed by atoms with Crippen molar-refractivity contribution in [3.63, 3.8) is 0 Å². The van der Waals surface area contributed by atoms with Crippen LogP contribution in [0.2, 0.25) is 0 Å². The molecule has 0 atom stereocenters. The second-order valence-electron chi connectivity index (χ2n) is 3.01. The summed E-state index contributed by atoms with van der Waals surface area (Å²) in [5.74, 6) is 0. The summed E-state index contributed by atoms with van der Waals surface area (Å²) in [7, 11) is 0. The molecule has 88 valence electrons. The number of aliphatic hydroxyl groups excluding tert-OH is 1. The maximum Gasteiger partial charge on any atom is 0.416 e. The van der Waals surface area contributed by atoms with Crippen molar-refractivity contribution in [1.82, 2.24) is 5.43 Å². The lowest BCUT2D eigenvalue weighted by Crippen LogP contribution is -2.11. The average molecular weight is 232 g/mol. The lowest BCUT2D eigenvalue weighted by molar-refractivity contribution is -0.137. The van der Waals surface area contributed by atoms with Crippen molar-refractivity contribution >= 4 is 6.21 Å². The first-order valence-electron chi connectivity index (χ1n) is 4.58. The Morgan fingerprint density at radius 1 is 1.38 bits per heavy atom. The number of hydrogen-bond donors (Lipinski definition) is 2. The predicted molar refractivity (Wildman–Crippen MR) is 54.1 cm³/mol. The molecule has 1 rings (SSSR count). The van der Waals surface area contributed by atoms with E-state index in [4.69, 9.17) is 5.11 Å². The maximum absolute atomic E-state index is 12.3. The van der Waals surface area contributed by atoms with Crippen LogP contribution < -0.4 is 5.43 Å². The van der Waals surface area contributed by atoms with E-state index in [2.05, 4.69) is 10.5 Å². The van der Waals surface area contributed by atoms with Crippen LogP contribution in [0.15, 0.2) is 29.4 Å². The van der Waals surface area contributed by atoms with Crippen LogP contribution in [0.5, 0.6) is 0 Å². The van der Waals surface area contributed by atoms with Crippen LogP contribution in [0.4, 0.5) is 13.2 Å². The van der Waals surface area contributed by atoms with Crippen molar-refractivity contribution in [2.24, 2.45) is 5.10 Å². The topological polar surface area (TPSA) is 44.6 Å². The number of nitrogens with one attached hydrogen (secondary N) is 1. The third-order valence-electron chi connectivity index (χ3n) is 1.74. The first-order chi connectivity index (χ1) is 7.54. The van der Waals surface area contributed by atoms with E-state index in [0.717, 1.165) is 12.1 Å². The third kappa shape index (κ3) is 3.90. The Kier molecular flexibility index (Phi) is 4.30. The Morgan fingerprint density at radius 2 is 2.12 bits per heavy atom. The highest BCUT2D eigenvalue weighted by Gasteiger charge is 2.30. The number of aliphatic hydroxyl groups is 1. The molecule has 0 fully saturated rings. The molecule has 0 bridgehead atoms. The van der Waals surface area contributed by atoms with Gasteiger partial charge in [0.25, 0.3) is 0 Å². The zero-order valence-electron chi connectivity index (χ0n) is 8.33. The fourth-order valence-electron chi connectivity index (χ4n) is 1.03. The van der Waals surface area contributed by atoms with Crippen LogP contribution in [-0.4, -0.2) is 24.5 Å². The molecule has 0 aromatic heterocycles. The number of hydrogen-bond acceptors (Lipinski definition) is 3. The Labute approximate surface area is 90.6 Å². The average Bonchev–Trinajstić information content (AvgIpc) is 2.24. The first-order valence-corrected chi connectivity index (χ1v) is 4.58. The van der Waals surface area contributed by atoms with E-state index in [9.17, 15) is 13.2 Å². The highest BCUT2D eigenvalue weighted by molar-refractivity contribution is 5.79. The number of rotatable bonds is 4. The molecule has 0 spiro atoms. The fraction of sp³-hybridized carbons (Fsp3) is 0.300. The van der Waals surface area contributed by atoms with Gasteiger partial charge >= 0.3 is 6.18 Å². The fourth-order valence-corrected chi connectivity index (χ4v) is 1.03. The molecular formula is C10H11F3N2O. The van der Waals surface area contributed by atoms with Gasteiger partial charge in [-0.05, 0) is 17.7 Å². The summed E-state index contributed by atoms with van der Waals surface area (Å²) in [6.45, 7) is 0.176. The van der Waals surface area contributed by atoms with E-state index in [-0.39, 0.29) is 13.2 Å². The highest BCUT2D eigenvalue weighted by atomic mass is 19.4. The number of nitrogens with zero attached hydrogens (tertiary/aromatic N) is 1. The quantitative estimate of drug-likeness (QED) is 0.470. The number of hydrazone groups is 1. The molecule has 6 heteroatoms. The van der Waals surface area contributed by atoms with Crippen molar-refractivity contribution in [3.8, 4) is 0 Å². The largest absolute Gasteiger partial charge is 0.416 e. The molecule has 1 aromatic rings. The molecule has 1 aromatic carbocycles. The number of alkyl halides is 3. The Bertz CT molecular complexity index is 363. The van der Waals surface area contributed by atoms with Gasteiger partial charge in [-0.2, -0.15) is 18.3 Å². The molecule has 0 unspecified atom stereocenters. The molecule has 0 amide bonds. The minimum atomic E-state index is -4.34. The van der Waals surface area contributed by atoms with Crippen molar-refractivity contribution in [3.05, 3.63) is 35.4 Å². The zero-order chi connectivity index (χ0) is 12.0. The van der Waals surface area contributed by atoms with Crippen molar-refractivity contribution in [2.45, 2.75) is 6.18 Å². The molecule has 0 aliphatic heterocycles. The Morgan fingerprint density at radius 3 is 2.75 bits per heavy atom. The van der Waals surface area contributed by atoms with E-state index in [1.807, 2.05) is 0 Å². The van der Waals surface area contributed by atoms with E-state index < -0.39 is 11.7 Å². The molecule has 3 nitrogen and oxygen atoms in total. The summed E-state index contributed by atoms with van der Waals surface area (Å²) < 4.78 is 37.0. The van der Waals surface area contributed by atoms with E-state index in [0.29, 0.717) is 5.56 Å². The van der Waals surface area contributed by atoms with Gasteiger partial charge in [0.1, 0.15) is 0 Å². The molecule has 0 saturated carbocycles. The minimum absolute atomic E-state index is 0.0834. The highest BCUT2D eigenvalue weighted by Crippen LogP contribution is 2.29. The van der Waals surface area contributed by atoms with Crippen LogP contribution in [0, 0.1) is 0 Å². The summed E-state index contributed by atoms with van der Waals surface area (Å²) in [5, 5.41) is 12.1. The summed E-state index contributed by atoms with van der Waals surface area (Å²) in [4.78, 5) is 0. The van der Waals surface area contributed by atoms with Gasteiger partial charge in [0.05, 0.1) is 24.9 Å². The third-order valence-corrected chi connectivity index (χ3v) is 1.74. The van der Waals surface area contributed by atoms with Crippen molar-refractivity contribution < 1.29 is 18.3 Å². The second kappa shape index (κ2) is 5.50. The van der Waals surface area contributed by atoms with Crippen LogP contribution in [0.25, 0.3) is 0 Å². The second-order valence-corrected chi connectivity index (χ2v) is 3.01. The SMILES string of the molecule is OCCNN=Cc1cccc(C(F)(F)F)c1. The van der Waals surface area contributed by atoms with Crippen LogP contribution in [0.1, 0.15) is 11.1 Å². The maximum atomic E-state index is 12.3. The molecule has 0 saturated heterocycles. The molecule has 16 heavy (non-hydrogen) atoms. The summed E-state index contributed by atoms with van der Waals surface area (Å²) >= 11 is 0. The van der Waals surface area contributed by atoms with Crippen LogP contribution >= 0.6 is 0 Å². The Balaban J connectivity index is 2.71. The summed E-state index contributed by atoms with van der Waals surface area (Å²) in [5.41, 5.74) is 2.12. The molecule has 0 radical (unpaired) electrons. The number of halogens is 3. The molecule has 0 aliphatic carbocycles. The summed E-state index contributed by atoms with van der Waals surface area (Å²) in [6, 6.07) is 4.83. The zero-order valence-corrected chi connectivity index (χ0v) is 8.33.